The van der Waals surface area contributed by atoms with Crippen molar-refractivity contribution in [2.75, 3.05) is 38.3 Å². The molecule has 0 saturated carbocycles. The van der Waals surface area contributed by atoms with E-state index >= 15 is 0 Å². The molecule has 2 unspecified atom stereocenters. The highest BCUT2D eigenvalue weighted by Crippen LogP contribution is 2.26. The maximum Gasteiger partial charge on any atom is 0.192 e. The number of hydrogen-bond acceptors (Lipinski definition) is 5. The zero-order chi connectivity index (χ0) is 22.2. The van der Waals surface area contributed by atoms with Gasteiger partial charge in [0, 0.05) is 31.4 Å². The number of aromatic nitrogens is 1. The summed E-state index contributed by atoms with van der Waals surface area (Å²) in [6, 6.07) is 10.4. The summed E-state index contributed by atoms with van der Waals surface area (Å²) in [6.45, 7) is 12.2. The Balaban J connectivity index is 1.71. The van der Waals surface area contributed by atoms with E-state index in [-0.39, 0.29) is 12.1 Å². The Morgan fingerprint density at radius 1 is 1.35 bits per heavy atom. The predicted molar refractivity (Wildman–Crippen MR) is 126 cm³/mol. The molecule has 1 aromatic carbocycles. The highest BCUT2D eigenvalue weighted by molar-refractivity contribution is 5.80. The van der Waals surface area contributed by atoms with Gasteiger partial charge in [-0.15, -0.1) is 0 Å². The van der Waals surface area contributed by atoms with Crippen molar-refractivity contribution in [1.29, 1.82) is 0 Å². The van der Waals surface area contributed by atoms with Crippen molar-refractivity contribution >= 4 is 11.8 Å². The molecule has 1 aromatic heterocycles. The number of benzene rings is 1. The summed E-state index contributed by atoms with van der Waals surface area (Å²) < 4.78 is 11.2. The second-order valence-corrected chi connectivity index (χ2v) is 7.96. The molecule has 0 spiro atoms. The number of nitrogens with one attached hydrogen (secondary N) is 2. The van der Waals surface area contributed by atoms with E-state index in [2.05, 4.69) is 66.4 Å². The van der Waals surface area contributed by atoms with Crippen molar-refractivity contribution in [2.45, 2.75) is 46.4 Å². The molecule has 1 saturated heterocycles. The van der Waals surface area contributed by atoms with Crippen LogP contribution in [0.15, 0.2) is 41.5 Å². The van der Waals surface area contributed by atoms with Gasteiger partial charge in [0.05, 0.1) is 32.4 Å². The molecule has 2 heterocycles. The summed E-state index contributed by atoms with van der Waals surface area (Å²) in [4.78, 5) is 11.6. The van der Waals surface area contributed by atoms with Crippen LogP contribution in [0.2, 0.25) is 0 Å². The third-order valence-electron chi connectivity index (χ3n) is 5.34. The molecule has 2 N–H and O–H groups in total. The van der Waals surface area contributed by atoms with Gasteiger partial charge in [-0.25, -0.2) is 9.98 Å². The highest BCUT2D eigenvalue weighted by Gasteiger charge is 2.18. The van der Waals surface area contributed by atoms with Gasteiger partial charge < -0.3 is 25.0 Å². The summed E-state index contributed by atoms with van der Waals surface area (Å²) in [5.41, 5.74) is 3.44. The number of anilines is 1. The number of methoxy groups -OCH3 is 1. The topological polar surface area (TPSA) is 71.0 Å². The van der Waals surface area contributed by atoms with E-state index in [1.807, 2.05) is 18.3 Å². The second-order valence-electron chi connectivity index (χ2n) is 7.96. The van der Waals surface area contributed by atoms with Gasteiger partial charge in [0.25, 0.3) is 0 Å². The van der Waals surface area contributed by atoms with Crippen LogP contribution in [-0.4, -0.2) is 50.4 Å². The van der Waals surface area contributed by atoms with Crippen LogP contribution in [0, 0.1) is 6.92 Å². The molecule has 0 radical (unpaired) electrons. The van der Waals surface area contributed by atoms with Crippen molar-refractivity contribution in [1.82, 2.24) is 15.6 Å². The smallest absolute Gasteiger partial charge is 0.192 e. The Hall–Kier alpha value is -2.80. The van der Waals surface area contributed by atoms with E-state index in [0.29, 0.717) is 6.54 Å². The van der Waals surface area contributed by atoms with Crippen molar-refractivity contribution < 1.29 is 9.47 Å². The number of rotatable bonds is 7. The Morgan fingerprint density at radius 3 is 2.94 bits per heavy atom. The van der Waals surface area contributed by atoms with E-state index in [1.54, 1.807) is 7.11 Å². The summed E-state index contributed by atoms with van der Waals surface area (Å²) in [5, 5.41) is 6.85. The molecule has 7 heteroatoms. The van der Waals surface area contributed by atoms with Crippen LogP contribution in [0.4, 0.5) is 5.82 Å². The maximum atomic E-state index is 5.65. The lowest BCUT2D eigenvalue weighted by atomic mass is 10.0. The third kappa shape index (κ3) is 6.34. The van der Waals surface area contributed by atoms with Crippen molar-refractivity contribution in [2.24, 2.45) is 4.99 Å². The first-order valence-corrected chi connectivity index (χ1v) is 11.0. The lowest BCUT2D eigenvalue weighted by Crippen LogP contribution is -2.41. The van der Waals surface area contributed by atoms with Crippen molar-refractivity contribution in [3.8, 4) is 5.75 Å². The molecule has 0 bridgehead atoms. The maximum absolute atomic E-state index is 5.65. The molecule has 7 nitrogen and oxygen atoms in total. The van der Waals surface area contributed by atoms with Crippen LogP contribution in [-0.2, 0) is 11.3 Å². The first-order valence-electron chi connectivity index (χ1n) is 11.0. The third-order valence-corrected chi connectivity index (χ3v) is 5.34. The van der Waals surface area contributed by atoms with E-state index in [4.69, 9.17) is 14.5 Å². The predicted octanol–water partition coefficient (Wildman–Crippen LogP) is 3.44. The minimum absolute atomic E-state index is 0.0514. The molecule has 0 amide bonds. The number of ether oxygens (including phenoxy) is 2. The average molecular weight is 426 g/mol. The summed E-state index contributed by atoms with van der Waals surface area (Å²) in [7, 11) is 1.70. The van der Waals surface area contributed by atoms with E-state index in [0.717, 1.165) is 54.9 Å². The molecule has 3 rings (SSSR count). The highest BCUT2D eigenvalue weighted by atomic mass is 16.5. The molecular weight excluding hydrogens is 390 g/mol. The van der Waals surface area contributed by atoms with Gasteiger partial charge in [0.1, 0.15) is 11.6 Å². The Bertz CT molecular complexity index is 886. The largest absolute Gasteiger partial charge is 0.496 e. The second kappa shape index (κ2) is 11.0. The fourth-order valence-electron chi connectivity index (χ4n) is 3.72. The van der Waals surface area contributed by atoms with Crippen LogP contribution in [0.1, 0.15) is 43.5 Å². The summed E-state index contributed by atoms with van der Waals surface area (Å²) in [6.07, 6.45) is 2.09. The standard InChI is InChI=1S/C24H35N5O2/c1-6-25-24(28-19(4)21-13-17(2)7-8-22(21)30-5)27-15-20-9-10-26-23(14-20)29-11-12-31-18(3)16-29/h7-10,13-14,18-19H,6,11-12,15-16H2,1-5H3,(H2,25,27,28). The van der Waals surface area contributed by atoms with Gasteiger partial charge in [-0.05, 0) is 51.5 Å². The molecule has 168 valence electrons. The van der Waals surface area contributed by atoms with E-state index in [9.17, 15) is 0 Å². The fraction of sp³-hybridized carbons (Fsp3) is 0.500. The van der Waals surface area contributed by atoms with Gasteiger partial charge in [0.2, 0.25) is 0 Å². The van der Waals surface area contributed by atoms with Gasteiger partial charge in [0.15, 0.2) is 5.96 Å². The normalized spacial score (nSPS) is 17.9. The molecular formula is C24H35N5O2. The summed E-state index contributed by atoms with van der Waals surface area (Å²) >= 11 is 0. The molecule has 31 heavy (non-hydrogen) atoms. The number of aryl methyl sites for hydroxylation is 1. The Morgan fingerprint density at radius 2 is 2.19 bits per heavy atom. The minimum atomic E-state index is 0.0514. The molecule has 1 aliphatic heterocycles. The monoisotopic (exact) mass is 425 g/mol. The van der Waals surface area contributed by atoms with Crippen LogP contribution in [0.3, 0.4) is 0 Å². The van der Waals surface area contributed by atoms with Crippen molar-refractivity contribution in [3.05, 3.63) is 53.2 Å². The number of nitrogens with zero attached hydrogens (tertiary/aromatic N) is 3. The first kappa shape index (κ1) is 22.9. The molecule has 2 aromatic rings. The zero-order valence-corrected chi connectivity index (χ0v) is 19.3. The number of pyridine rings is 1. The van der Waals surface area contributed by atoms with Gasteiger partial charge in [-0.1, -0.05) is 17.7 Å². The minimum Gasteiger partial charge on any atom is -0.496 e. The van der Waals surface area contributed by atoms with Crippen LogP contribution < -0.4 is 20.3 Å². The molecule has 2 atom stereocenters. The fourth-order valence-corrected chi connectivity index (χ4v) is 3.72. The quantitative estimate of drug-likeness (QED) is 0.523. The first-order chi connectivity index (χ1) is 15.0. The van der Waals surface area contributed by atoms with Gasteiger partial charge in [-0.3, -0.25) is 0 Å². The number of aliphatic imine (C=N–C) groups is 1. The SMILES string of the molecule is CCNC(=NCc1ccnc(N2CCOC(C)C2)c1)NC(C)c1cc(C)ccc1OC. The average Bonchev–Trinajstić information content (AvgIpc) is 2.77. The molecule has 0 aliphatic carbocycles. The van der Waals surface area contributed by atoms with Crippen molar-refractivity contribution in [3.63, 3.8) is 0 Å². The zero-order valence-electron chi connectivity index (χ0n) is 19.3. The van der Waals surface area contributed by atoms with Crippen LogP contribution in [0.5, 0.6) is 5.75 Å². The van der Waals surface area contributed by atoms with E-state index < -0.39 is 0 Å². The Kier molecular flexibility index (Phi) is 8.12. The Labute approximate surface area is 185 Å². The lowest BCUT2D eigenvalue weighted by molar-refractivity contribution is 0.0529. The van der Waals surface area contributed by atoms with Gasteiger partial charge >= 0.3 is 0 Å². The molecule has 1 aliphatic rings. The lowest BCUT2D eigenvalue weighted by Gasteiger charge is -2.32. The molecule has 1 fully saturated rings. The number of guanidine groups is 1. The van der Waals surface area contributed by atoms with Crippen LogP contribution >= 0.6 is 0 Å². The van der Waals surface area contributed by atoms with E-state index in [1.165, 1.54) is 5.56 Å². The summed E-state index contributed by atoms with van der Waals surface area (Å²) in [5.74, 6) is 2.63. The number of morpholine rings is 1. The number of hydrogen-bond donors (Lipinski definition) is 2. The van der Waals surface area contributed by atoms with Gasteiger partial charge in [-0.2, -0.15) is 0 Å². The van der Waals surface area contributed by atoms with Crippen LogP contribution in [0.25, 0.3) is 0 Å².